The van der Waals surface area contributed by atoms with E-state index in [9.17, 15) is 19.5 Å². The Kier molecular flexibility index (Phi) is 6.79. The summed E-state index contributed by atoms with van der Waals surface area (Å²) in [7, 11) is 1.10. The van der Waals surface area contributed by atoms with Gasteiger partial charge in [0.1, 0.15) is 23.7 Å². The number of esters is 2. The van der Waals surface area contributed by atoms with Crippen LogP contribution >= 0.6 is 0 Å². The monoisotopic (exact) mass is 322 g/mol. The highest BCUT2D eigenvalue weighted by molar-refractivity contribution is 6.16. The highest BCUT2D eigenvalue weighted by Gasteiger charge is 2.21. The van der Waals surface area contributed by atoms with Crippen LogP contribution in [0.5, 0.6) is 5.75 Å². The van der Waals surface area contributed by atoms with Crippen LogP contribution in [0.1, 0.15) is 24.2 Å². The van der Waals surface area contributed by atoms with Gasteiger partial charge < -0.3 is 19.3 Å². The van der Waals surface area contributed by atoms with Crippen molar-refractivity contribution in [2.24, 2.45) is 0 Å². The van der Waals surface area contributed by atoms with Gasteiger partial charge in [0, 0.05) is 0 Å². The lowest BCUT2D eigenvalue weighted by Gasteiger charge is -2.09. The molecule has 0 amide bonds. The Morgan fingerprint density at radius 2 is 1.74 bits per heavy atom. The maximum Gasteiger partial charge on any atom is 0.345 e. The number of carbonyl (C=O) groups is 3. The fourth-order valence-corrected chi connectivity index (χ4v) is 1.69. The van der Waals surface area contributed by atoms with E-state index in [1.807, 2.05) is 0 Å². The predicted octanol–water partition coefficient (Wildman–Crippen LogP) is 1.82. The number of benzene rings is 1. The van der Waals surface area contributed by atoms with Gasteiger partial charge in [0.15, 0.2) is 5.78 Å². The average Bonchev–Trinajstić information content (AvgIpc) is 2.53. The highest BCUT2D eigenvalue weighted by atomic mass is 16.5. The minimum atomic E-state index is -0.934. The zero-order chi connectivity index (χ0) is 17.4. The Labute approximate surface area is 133 Å². The van der Waals surface area contributed by atoms with E-state index < -0.39 is 29.1 Å². The normalized spacial score (nSPS) is 11.3. The predicted molar refractivity (Wildman–Crippen MR) is 80.2 cm³/mol. The first kappa shape index (κ1) is 18.2. The van der Waals surface area contributed by atoms with Crippen molar-refractivity contribution in [2.75, 3.05) is 20.3 Å². The Balaban J connectivity index is 2.79. The van der Waals surface area contributed by atoms with Gasteiger partial charge in [-0.15, -0.1) is 0 Å². The third kappa shape index (κ3) is 5.14. The molecule has 1 aromatic rings. The van der Waals surface area contributed by atoms with Gasteiger partial charge in [0.05, 0.1) is 19.3 Å². The second-order valence-corrected chi connectivity index (χ2v) is 4.40. The zero-order valence-corrected chi connectivity index (χ0v) is 13.1. The van der Waals surface area contributed by atoms with Crippen LogP contribution in [0, 0.1) is 0 Å². The topological polar surface area (TPSA) is 99.1 Å². The molecule has 1 aromatic carbocycles. The van der Waals surface area contributed by atoms with E-state index in [0.717, 1.165) is 14.0 Å². The molecule has 0 spiro atoms. The van der Waals surface area contributed by atoms with E-state index in [1.165, 1.54) is 24.3 Å². The number of rotatable bonds is 7. The Morgan fingerprint density at radius 1 is 1.13 bits per heavy atom. The van der Waals surface area contributed by atoms with Gasteiger partial charge in [0.25, 0.3) is 0 Å². The third-order valence-corrected chi connectivity index (χ3v) is 2.77. The fraction of sp³-hybridized carbons (Fsp3) is 0.312. The van der Waals surface area contributed by atoms with Crippen LogP contribution in [0.2, 0.25) is 0 Å². The number of carbonyl (C=O) groups excluding carboxylic acids is 3. The van der Waals surface area contributed by atoms with E-state index in [-0.39, 0.29) is 13.2 Å². The Morgan fingerprint density at radius 3 is 2.22 bits per heavy atom. The summed E-state index contributed by atoms with van der Waals surface area (Å²) in [4.78, 5) is 34.3. The summed E-state index contributed by atoms with van der Waals surface area (Å²) in [6.45, 7) is 2.73. The number of ether oxygens (including phenoxy) is 3. The van der Waals surface area contributed by atoms with Crippen LogP contribution in [0.4, 0.5) is 0 Å². The van der Waals surface area contributed by atoms with Crippen molar-refractivity contribution in [3.63, 3.8) is 0 Å². The lowest BCUT2D eigenvalue weighted by atomic mass is 10.1. The molecule has 0 aromatic heterocycles. The number of methoxy groups -OCH3 is 1. The molecule has 0 bridgehead atoms. The zero-order valence-electron chi connectivity index (χ0n) is 13.1. The minimum absolute atomic E-state index is 0.275. The summed E-state index contributed by atoms with van der Waals surface area (Å²) < 4.78 is 14.5. The first-order valence-corrected chi connectivity index (χ1v) is 6.82. The smallest absolute Gasteiger partial charge is 0.345 e. The maximum atomic E-state index is 11.5. The van der Waals surface area contributed by atoms with E-state index >= 15 is 0 Å². The molecule has 124 valence electrons. The quantitative estimate of drug-likeness (QED) is 0.269. The van der Waals surface area contributed by atoms with Crippen molar-refractivity contribution in [3.8, 4) is 5.75 Å². The summed E-state index contributed by atoms with van der Waals surface area (Å²) in [5.74, 6) is -2.20. The summed E-state index contributed by atoms with van der Waals surface area (Å²) in [6.07, 6.45) is 0. The molecular formula is C16H18O7. The van der Waals surface area contributed by atoms with Crippen molar-refractivity contribution < 1.29 is 33.7 Å². The van der Waals surface area contributed by atoms with Gasteiger partial charge >= 0.3 is 11.9 Å². The van der Waals surface area contributed by atoms with Crippen LogP contribution in [0.3, 0.4) is 0 Å². The van der Waals surface area contributed by atoms with E-state index in [2.05, 4.69) is 4.74 Å². The Hall–Kier alpha value is -2.83. The average molecular weight is 322 g/mol. The van der Waals surface area contributed by atoms with Gasteiger partial charge in [-0.1, -0.05) is 0 Å². The fourth-order valence-electron chi connectivity index (χ4n) is 1.69. The second-order valence-electron chi connectivity index (χ2n) is 4.40. The van der Waals surface area contributed by atoms with Crippen LogP contribution < -0.4 is 4.74 Å². The number of hydrogen-bond acceptors (Lipinski definition) is 7. The van der Waals surface area contributed by atoms with Crippen molar-refractivity contribution in [1.82, 2.24) is 0 Å². The molecule has 0 unspecified atom stereocenters. The highest BCUT2D eigenvalue weighted by Crippen LogP contribution is 2.15. The number of aliphatic hydroxyl groups excluding tert-OH is 1. The number of ketones is 1. The largest absolute Gasteiger partial charge is 0.508 e. The van der Waals surface area contributed by atoms with Crippen molar-refractivity contribution in [1.29, 1.82) is 0 Å². The lowest BCUT2D eigenvalue weighted by Crippen LogP contribution is -2.17. The molecule has 0 aliphatic carbocycles. The Bertz CT molecular complexity index is 614. The van der Waals surface area contributed by atoms with Gasteiger partial charge in [-0.3, -0.25) is 4.79 Å². The van der Waals surface area contributed by atoms with Crippen molar-refractivity contribution in [3.05, 3.63) is 41.2 Å². The molecule has 1 N–H and O–H groups in total. The molecule has 0 heterocycles. The van der Waals surface area contributed by atoms with Gasteiger partial charge in [0.2, 0.25) is 0 Å². The molecule has 1 rings (SSSR count). The van der Waals surface area contributed by atoms with E-state index in [4.69, 9.17) is 9.47 Å². The molecule has 7 nitrogen and oxygen atoms in total. The summed E-state index contributed by atoms with van der Waals surface area (Å²) >= 11 is 0. The van der Waals surface area contributed by atoms with E-state index in [0.29, 0.717) is 11.3 Å². The standard InChI is InChI=1S/C16H18O7/c1-4-22-15(19)11-5-7-12(8-6-11)23-9-13(18)14(10(2)17)16(20)21-3/h5-8,18H,4,9H2,1-3H3/b14-13+. The van der Waals surface area contributed by atoms with Crippen LogP contribution in [0.25, 0.3) is 0 Å². The number of hydrogen-bond donors (Lipinski definition) is 1. The van der Waals surface area contributed by atoms with Gasteiger partial charge in [-0.2, -0.15) is 0 Å². The second kappa shape index (κ2) is 8.57. The number of aliphatic hydroxyl groups is 1. The molecule has 23 heavy (non-hydrogen) atoms. The molecule has 0 atom stereocenters. The van der Waals surface area contributed by atoms with Crippen LogP contribution in [-0.2, 0) is 19.1 Å². The molecule has 0 saturated heterocycles. The molecule has 0 fully saturated rings. The maximum absolute atomic E-state index is 11.5. The van der Waals surface area contributed by atoms with E-state index in [1.54, 1.807) is 6.92 Å². The minimum Gasteiger partial charge on any atom is -0.508 e. The van der Waals surface area contributed by atoms with Gasteiger partial charge in [-0.05, 0) is 38.1 Å². The SMILES string of the molecule is CCOC(=O)c1ccc(OC/C(O)=C(/C(C)=O)C(=O)OC)cc1. The first-order valence-electron chi connectivity index (χ1n) is 6.82. The number of Topliss-reactive ketones (excluding diaryl/α,β-unsaturated/α-hetero) is 1. The van der Waals surface area contributed by atoms with Crippen molar-refractivity contribution >= 4 is 17.7 Å². The molecule has 0 aliphatic heterocycles. The first-order chi connectivity index (χ1) is 10.9. The molecular weight excluding hydrogens is 304 g/mol. The molecule has 0 radical (unpaired) electrons. The summed E-state index contributed by atoms with van der Waals surface area (Å²) in [6, 6.07) is 6.01. The third-order valence-electron chi connectivity index (χ3n) is 2.77. The molecule has 0 saturated carbocycles. The van der Waals surface area contributed by atoms with Crippen LogP contribution in [-0.4, -0.2) is 43.2 Å². The van der Waals surface area contributed by atoms with Gasteiger partial charge in [-0.25, -0.2) is 9.59 Å². The summed E-state index contributed by atoms with van der Waals surface area (Å²) in [5, 5.41) is 9.81. The van der Waals surface area contributed by atoms with Crippen LogP contribution in [0.15, 0.2) is 35.6 Å². The lowest BCUT2D eigenvalue weighted by molar-refractivity contribution is -0.137. The molecule has 7 heteroatoms. The van der Waals surface area contributed by atoms with Crippen molar-refractivity contribution in [2.45, 2.75) is 13.8 Å². The summed E-state index contributed by atoms with van der Waals surface area (Å²) in [5.41, 5.74) is -0.103. The molecule has 0 aliphatic rings.